The van der Waals surface area contributed by atoms with E-state index in [0.29, 0.717) is 28.9 Å². The van der Waals surface area contributed by atoms with Crippen molar-refractivity contribution in [2.45, 2.75) is 19.5 Å². The predicted molar refractivity (Wildman–Crippen MR) is 117 cm³/mol. The molecular weight excluding hydrogens is 392 g/mol. The summed E-state index contributed by atoms with van der Waals surface area (Å²) in [6, 6.07) is 22.3. The summed E-state index contributed by atoms with van der Waals surface area (Å²) in [5, 5.41) is 2.86. The van der Waals surface area contributed by atoms with Gasteiger partial charge < -0.3 is 15.0 Å². The Kier molecular flexibility index (Phi) is 5.80. The van der Waals surface area contributed by atoms with Gasteiger partial charge in [0.25, 0.3) is 11.8 Å². The normalized spacial score (nSPS) is 13.5. The molecular formula is C25H22N2O4. The molecule has 2 amide bonds. The number of nitrogens with zero attached hydrogens (tertiary/aromatic N) is 1. The number of rotatable bonds is 6. The molecule has 156 valence electrons. The van der Waals surface area contributed by atoms with E-state index in [9.17, 15) is 14.4 Å². The minimum absolute atomic E-state index is 0.181. The molecule has 3 aromatic rings. The molecule has 1 atom stereocenters. The molecule has 1 aliphatic rings. The van der Waals surface area contributed by atoms with E-state index in [2.05, 4.69) is 5.32 Å². The maximum atomic E-state index is 13.4. The molecule has 1 heterocycles. The van der Waals surface area contributed by atoms with E-state index >= 15 is 0 Å². The predicted octanol–water partition coefficient (Wildman–Crippen LogP) is 4.20. The van der Waals surface area contributed by atoms with Crippen molar-refractivity contribution < 1.29 is 19.1 Å². The molecule has 0 aromatic heterocycles. The topological polar surface area (TPSA) is 75.7 Å². The first-order chi connectivity index (χ1) is 15.1. The summed E-state index contributed by atoms with van der Waals surface area (Å²) in [4.78, 5) is 40.1. The summed E-state index contributed by atoms with van der Waals surface area (Å²) in [5.74, 6) is -0.989. The van der Waals surface area contributed by atoms with Gasteiger partial charge in [-0.3, -0.25) is 9.59 Å². The zero-order valence-electron chi connectivity index (χ0n) is 17.1. The minimum Gasteiger partial charge on any atom is -0.462 e. The van der Waals surface area contributed by atoms with Gasteiger partial charge in [0.05, 0.1) is 12.2 Å². The number of carbonyl (C=O) groups is 3. The lowest BCUT2D eigenvalue weighted by Crippen LogP contribution is -2.37. The minimum atomic E-state index is -0.813. The van der Waals surface area contributed by atoms with Crippen molar-refractivity contribution in [3.8, 4) is 0 Å². The second kappa shape index (κ2) is 8.83. The highest BCUT2D eigenvalue weighted by atomic mass is 16.5. The van der Waals surface area contributed by atoms with E-state index in [1.165, 1.54) is 0 Å². The first kappa shape index (κ1) is 20.3. The smallest absolute Gasteiger partial charge is 0.338 e. The van der Waals surface area contributed by atoms with Crippen LogP contribution in [0.3, 0.4) is 0 Å². The van der Waals surface area contributed by atoms with Gasteiger partial charge in [-0.25, -0.2) is 4.79 Å². The van der Waals surface area contributed by atoms with E-state index in [1.54, 1.807) is 42.2 Å². The molecule has 0 aliphatic carbocycles. The lowest BCUT2D eigenvalue weighted by Gasteiger charge is -2.27. The number of benzene rings is 3. The van der Waals surface area contributed by atoms with Crippen LogP contribution in [0.2, 0.25) is 0 Å². The number of anilines is 1. The fourth-order valence-corrected chi connectivity index (χ4v) is 3.74. The molecule has 1 N–H and O–H groups in total. The van der Waals surface area contributed by atoms with Crippen molar-refractivity contribution in [1.29, 1.82) is 0 Å². The number of amides is 2. The van der Waals surface area contributed by atoms with Crippen molar-refractivity contribution in [1.82, 2.24) is 4.90 Å². The summed E-state index contributed by atoms with van der Waals surface area (Å²) in [5.41, 5.74) is 3.02. The number of nitrogens with one attached hydrogen (secondary N) is 1. The van der Waals surface area contributed by atoms with Gasteiger partial charge in [0.15, 0.2) is 0 Å². The van der Waals surface area contributed by atoms with Gasteiger partial charge in [-0.15, -0.1) is 0 Å². The van der Waals surface area contributed by atoms with Crippen LogP contribution >= 0.6 is 0 Å². The zero-order valence-corrected chi connectivity index (χ0v) is 17.1. The van der Waals surface area contributed by atoms with E-state index in [4.69, 9.17) is 4.74 Å². The number of hydrogen-bond acceptors (Lipinski definition) is 4. The molecule has 31 heavy (non-hydrogen) atoms. The molecule has 4 rings (SSSR count). The highest BCUT2D eigenvalue weighted by molar-refractivity contribution is 6.04. The fourth-order valence-electron chi connectivity index (χ4n) is 3.74. The molecule has 0 bridgehead atoms. The molecule has 0 fully saturated rings. The Labute approximate surface area is 180 Å². The second-order valence-corrected chi connectivity index (χ2v) is 7.19. The number of fused-ring (bicyclic) bond motifs is 1. The van der Waals surface area contributed by atoms with Crippen molar-refractivity contribution in [2.75, 3.05) is 11.9 Å². The Bertz CT molecular complexity index is 1130. The molecule has 0 unspecified atom stereocenters. The maximum Gasteiger partial charge on any atom is 0.338 e. The van der Waals surface area contributed by atoms with E-state index in [0.717, 1.165) is 5.56 Å². The average molecular weight is 414 g/mol. The summed E-state index contributed by atoms with van der Waals surface area (Å²) in [6.07, 6.45) is 0. The van der Waals surface area contributed by atoms with Gasteiger partial charge >= 0.3 is 5.97 Å². The Morgan fingerprint density at radius 2 is 1.74 bits per heavy atom. The largest absolute Gasteiger partial charge is 0.462 e. The van der Waals surface area contributed by atoms with Crippen molar-refractivity contribution in [2.24, 2.45) is 0 Å². The van der Waals surface area contributed by atoms with Gasteiger partial charge in [-0.1, -0.05) is 54.6 Å². The molecule has 6 nitrogen and oxygen atoms in total. The van der Waals surface area contributed by atoms with Gasteiger partial charge in [0, 0.05) is 17.8 Å². The third-order valence-electron chi connectivity index (χ3n) is 5.17. The molecule has 0 saturated carbocycles. The number of carbonyl (C=O) groups excluding carboxylic acids is 3. The Hall–Kier alpha value is -3.93. The van der Waals surface area contributed by atoms with Crippen LogP contribution in [0.15, 0.2) is 78.9 Å². The van der Waals surface area contributed by atoms with Crippen LogP contribution in [-0.2, 0) is 16.1 Å². The summed E-state index contributed by atoms with van der Waals surface area (Å²) >= 11 is 0. The summed E-state index contributed by atoms with van der Waals surface area (Å²) < 4.78 is 5.03. The first-order valence-electron chi connectivity index (χ1n) is 10.1. The van der Waals surface area contributed by atoms with Crippen LogP contribution in [0.25, 0.3) is 0 Å². The molecule has 0 radical (unpaired) electrons. The zero-order chi connectivity index (χ0) is 21.8. The molecule has 3 aromatic carbocycles. The van der Waals surface area contributed by atoms with Gasteiger partial charge in [-0.2, -0.15) is 0 Å². The van der Waals surface area contributed by atoms with Crippen LogP contribution < -0.4 is 5.32 Å². The highest BCUT2D eigenvalue weighted by Crippen LogP contribution is 2.32. The number of ether oxygens (including phenoxy) is 1. The van der Waals surface area contributed by atoms with Crippen LogP contribution in [0.5, 0.6) is 0 Å². The highest BCUT2D eigenvalue weighted by Gasteiger charge is 2.37. The van der Waals surface area contributed by atoms with Crippen molar-refractivity contribution in [3.63, 3.8) is 0 Å². The van der Waals surface area contributed by atoms with Crippen LogP contribution in [0.4, 0.5) is 5.69 Å². The maximum absolute atomic E-state index is 13.4. The van der Waals surface area contributed by atoms with Gasteiger partial charge in [0.2, 0.25) is 0 Å². The number of esters is 1. The molecule has 1 aliphatic heterocycles. The standard InChI is InChI=1S/C25H22N2O4/c1-2-31-25(30)18-12-8-13-20(15-18)26-23(28)22(17-9-4-3-5-10-17)27-16-19-11-6-7-14-21(19)24(27)29/h3-15,22H,2,16H2,1H3,(H,26,28)/t22-/m1/s1. The monoisotopic (exact) mass is 414 g/mol. The quantitative estimate of drug-likeness (QED) is 0.614. The average Bonchev–Trinajstić information content (AvgIpc) is 3.11. The Morgan fingerprint density at radius 1 is 1.00 bits per heavy atom. The molecule has 6 heteroatoms. The third kappa shape index (κ3) is 4.19. The van der Waals surface area contributed by atoms with Crippen LogP contribution in [0.1, 0.15) is 44.8 Å². The third-order valence-corrected chi connectivity index (χ3v) is 5.17. The lowest BCUT2D eigenvalue weighted by atomic mass is 10.0. The van der Waals surface area contributed by atoms with E-state index in [1.807, 2.05) is 48.5 Å². The summed E-state index contributed by atoms with van der Waals surface area (Å²) in [7, 11) is 0. The summed E-state index contributed by atoms with van der Waals surface area (Å²) in [6.45, 7) is 2.35. The Balaban J connectivity index is 1.63. The van der Waals surface area contributed by atoms with Crippen molar-refractivity contribution in [3.05, 3.63) is 101 Å². The number of hydrogen-bond donors (Lipinski definition) is 1. The fraction of sp³-hybridized carbons (Fsp3) is 0.160. The van der Waals surface area contributed by atoms with Crippen molar-refractivity contribution >= 4 is 23.5 Å². The van der Waals surface area contributed by atoms with E-state index in [-0.39, 0.29) is 18.4 Å². The van der Waals surface area contributed by atoms with Crippen LogP contribution in [0, 0.1) is 0 Å². The van der Waals surface area contributed by atoms with E-state index < -0.39 is 12.0 Å². The molecule has 0 spiro atoms. The van der Waals surface area contributed by atoms with Crippen LogP contribution in [-0.4, -0.2) is 29.3 Å². The lowest BCUT2D eigenvalue weighted by molar-refractivity contribution is -0.120. The van der Waals surface area contributed by atoms with Gasteiger partial charge in [0.1, 0.15) is 6.04 Å². The second-order valence-electron chi connectivity index (χ2n) is 7.19. The molecule has 0 saturated heterocycles. The Morgan fingerprint density at radius 3 is 2.48 bits per heavy atom. The SMILES string of the molecule is CCOC(=O)c1cccc(NC(=O)[C@@H](c2ccccc2)N2Cc3ccccc3C2=O)c1. The van der Waals surface area contributed by atoms with Gasteiger partial charge in [-0.05, 0) is 42.3 Å². The first-order valence-corrected chi connectivity index (χ1v) is 10.1.